The molecule has 4 rings (SSSR count). The lowest BCUT2D eigenvalue weighted by atomic mass is 9.98. The lowest BCUT2D eigenvalue weighted by Gasteiger charge is -2.30. The number of benzene rings is 1. The van der Waals surface area contributed by atoms with E-state index in [0.717, 1.165) is 0 Å². The molecule has 2 aliphatic rings. The summed E-state index contributed by atoms with van der Waals surface area (Å²) in [6, 6.07) is 4.86. The molecule has 34 heavy (non-hydrogen) atoms. The Morgan fingerprint density at radius 1 is 1.15 bits per heavy atom. The normalized spacial score (nSPS) is 18.1. The van der Waals surface area contributed by atoms with Gasteiger partial charge in [0.1, 0.15) is 0 Å². The highest BCUT2D eigenvalue weighted by molar-refractivity contribution is 7.89. The van der Waals surface area contributed by atoms with Crippen molar-refractivity contribution in [2.24, 2.45) is 5.92 Å². The highest BCUT2D eigenvalue weighted by Gasteiger charge is 2.34. The maximum Gasteiger partial charge on any atom is 0.316 e. The van der Waals surface area contributed by atoms with Crippen molar-refractivity contribution >= 4 is 21.9 Å². The zero-order chi connectivity index (χ0) is 24.3. The fourth-order valence-corrected chi connectivity index (χ4v) is 5.80. The summed E-state index contributed by atoms with van der Waals surface area (Å²) in [4.78, 5) is 30.5. The molecule has 3 heterocycles. The minimum absolute atomic E-state index is 0.130. The fraction of sp³-hybridized carbons (Fsp3) is 0.545. The maximum atomic E-state index is 13.4. The number of hydrogen-bond acceptors (Lipinski definition) is 9. The van der Waals surface area contributed by atoms with Crippen LogP contribution in [0.1, 0.15) is 36.0 Å². The summed E-state index contributed by atoms with van der Waals surface area (Å²) in [5, 5.41) is 3.89. The third-order valence-corrected chi connectivity index (χ3v) is 8.09. The molecular weight excluding hydrogens is 464 g/mol. The van der Waals surface area contributed by atoms with E-state index >= 15 is 0 Å². The first-order valence-corrected chi connectivity index (χ1v) is 12.7. The van der Waals surface area contributed by atoms with Crippen molar-refractivity contribution in [3.63, 3.8) is 0 Å². The second-order valence-electron chi connectivity index (χ2n) is 8.24. The Balaban J connectivity index is 1.52. The molecule has 12 heteroatoms. The van der Waals surface area contributed by atoms with Crippen molar-refractivity contribution < 1.29 is 32.0 Å². The highest BCUT2D eigenvalue weighted by atomic mass is 32.2. The van der Waals surface area contributed by atoms with E-state index in [9.17, 15) is 18.0 Å². The molecule has 0 bridgehead atoms. The van der Waals surface area contributed by atoms with Gasteiger partial charge in [-0.2, -0.15) is 9.29 Å². The van der Waals surface area contributed by atoms with Gasteiger partial charge in [0.05, 0.1) is 30.6 Å². The number of nitrogens with zero attached hydrogens (tertiary/aromatic N) is 4. The lowest BCUT2D eigenvalue weighted by Crippen LogP contribution is -2.40. The molecule has 0 saturated carbocycles. The van der Waals surface area contributed by atoms with E-state index in [-0.39, 0.29) is 47.5 Å². The minimum Gasteiger partial charge on any atom is -0.466 e. The second kappa shape index (κ2) is 10.2. The summed E-state index contributed by atoms with van der Waals surface area (Å²) in [5.74, 6) is -0.971. The molecule has 0 atom stereocenters. The maximum absolute atomic E-state index is 13.4. The van der Waals surface area contributed by atoms with Crippen LogP contribution in [-0.2, 0) is 24.3 Å². The summed E-state index contributed by atoms with van der Waals surface area (Å²) < 4.78 is 43.6. The SMILES string of the molecule is CCOC(=O)C1CCN(S(=O)(=O)c2cc(-c3noc(C(=O)N4CCOCC4)n3)ccc2C)CC1. The van der Waals surface area contributed by atoms with E-state index in [0.29, 0.717) is 56.9 Å². The molecule has 1 amide bonds. The van der Waals surface area contributed by atoms with Crippen LogP contribution in [0.2, 0.25) is 0 Å². The molecule has 0 aliphatic carbocycles. The second-order valence-corrected chi connectivity index (χ2v) is 10.1. The predicted octanol–water partition coefficient (Wildman–Crippen LogP) is 1.48. The minimum atomic E-state index is -3.81. The number of aromatic nitrogens is 2. The van der Waals surface area contributed by atoms with Gasteiger partial charge < -0.3 is 18.9 Å². The Kier molecular flexibility index (Phi) is 7.29. The quantitative estimate of drug-likeness (QED) is 0.550. The predicted molar refractivity (Wildman–Crippen MR) is 119 cm³/mol. The first-order valence-electron chi connectivity index (χ1n) is 11.3. The molecule has 184 valence electrons. The topological polar surface area (TPSA) is 132 Å². The molecule has 0 unspecified atom stereocenters. The van der Waals surface area contributed by atoms with Crippen molar-refractivity contribution in [2.45, 2.75) is 31.6 Å². The Morgan fingerprint density at radius 3 is 2.53 bits per heavy atom. The molecule has 0 N–H and O–H groups in total. The molecule has 0 radical (unpaired) electrons. The Morgan fingerprint density at radius 2 is 1.85 bits per heavy atom. The van der Waals surface area contributed by atoms with E-state index in [1.807, 2.05) is 0 Å². The van der Waals surface area contributed by atoms with E-state index in [2.05, 4.69) is 10.1 Å². The number of aryl methyl sites for hydroxylation is 1. The van der Waals surface area contributed by atoms with Crippen molar-refractivity contribution in [3.8, 4) is 11.4 Å². The number of piperidine rings is 1. The zero-order valence-electron chi connectivity index (χ0n) is 19.2. The van der Waals surface area contributed by atoms with Crippen LogP contribution in [0.3, 0.4) is 0 Å². The van der Waals surface area contributed by atoms with Gasteiger partial charge in [-0.3, -0.25) is 9.59 Å². The van der Waals surface area contributed by atoms with Gasteiger partial charge in [0, 0.05) is 31.7 Å². The van der Waals surface area contributed by atoms with Crippen molar-refractivity contribution in [1.29, 1.82) is 0 Å². The van der Waals surface area contributed by atoms with Crippen LogP contribution >= 0.6 is 0 Å². The van der Waals surface area contributed by atoms with Crippen molar-refractivity contribution in [1.82, 2.24) is 19.3 Å². The summed E-state index contributed by atoms with van der Waals surface area (Å²) in [7, 11) is -3.81. The van der Waals surface area contributed by atoms with Crippen LogP contribution in [0, 0.1) is 12.8 Å². The number of ether oxygens (including phenoxy) is 2. The first-order chi connectivity index (χ1) is 16.3. The molecule has 0 spiro atoms. The number of sulfonamides is 1. The van der Waals surface area contributed by atoms with E-state index in [1.54, 1.807) is 30.9 Å². The van der Waals surface area contributed by atoms with Crippen LogP contribution in [0.4, 0.5) is 0 Å². The Hall–Kier alpha value is -2.83. The number of carbonyl (C=O) groups is 2. The van der Waals surface area contributed by atoms with Gasteiger partial charge in [-0.15, -0.1) is 0 Å². The van der Waals surface area contributed by atoms with Crippen LogP contribution in [0.25, 0.3) is 11.4 Å². The van der Waals surface area contributed by atoms with Gasteiger partial charge in [-0.1, -0.05) is 17.3 Å². The number of esters is 1. The molecule has 2 saturated heterocycles. The summed E-state index contributed by atoms with van der Waals surface area (Å²) in [6.07, 6.45) is 0.823. The highest BCUT2D eigenvalue weighted by Crippen LogP contribution is 2.29. The van der Waals surface area contributed by atoms with Crippen LogP contribution in [-0.4, -0.2) is 85.6 Å². The summed E-state index contributed by atoms with van der Waals surface area (Å²) >= 11 is 0. The van der Waals surface area contributed by atoms with Gasteiger partial charge in [0.2, 0.25) is 15.8 Å². The monoisotopic (exact) mass is 492 g/mol. The average molecular weight is 493 g/mol. The Bertz CT molecular complexity index is 1150. The van der Waals surface area contributed by atoms with Crippen molar-refractivity contribution in [3.05, 3.63) is 29.7 Å². The van der Waals surface area contributed by atoms with Gasteiger partial charge in [0.15, 0.2) is 0 Å². The third-order valence-electron chi connectivity index (χ3n) is 6.05. The van der Waals surface area contributed by atoms with Gasteiger partial charge in [0.25, 0.3) is 0 Å². The molecular formula is C22H28N4O7S. The third kappa shape index (κ3) is 4.98. The standard InChI is InChI=1S/C22H28N4O7S/c1-3-32-22(28)16-6-8-26(9-7-16)34(29,30)18-14-17(5-4-15(18)2)19-23-20(33-24-19)21(27)25-10-12-31-13-11-25/h4-5,14,16H,3,6-13H2,1-2H3. The smallest absolute Gasteiger partial charge is 0.316 e. The van der Waals surface area contributed by atoms with Gasteiger partial charge in [-0.25, -0.2) is 8.42 Å². The molecule has 2 aliphatic heterocycles. The Labute approximate surface area is 198 Å². The molecule has 1 aromatic carbocycles. The number of amides is 1. The number of hydrogen-bond donors (Lipinski definition) is 0. The number of carbonyl (C=O) groups excluding carboxylic acids is 2. The van der Waals surface area contributed by atoms with Crippen LogP contribution < -0.4 is 0 Å². The van der Waals surface area contributed by atoms with E-state index in [4.69, 9.17) is 14.0 Å². The largest absolute Gasteiger partial charge is 0.466 e. The lowest BCUT2D eigenvalue weighted by molar-refractivity contribution is -0.149. The first kappa shape index (κ1) is 24.3. The summed E-state index contributed by atoms with van der Waals surface area (Å²) in [6.45, 7) is 6.01. The van der Waals surface area contributed by atoms with Crippen LogP contribution in [0.5, 0.6) is 0 Å². The number of rotatable bonds is 6. The molecule has 11 nitrogen and oxygen atoms in total. The van der Waals surface area contributed by atoms with E-state index < -0.39 is 10.0 Å². The zero-order valence-corrected chi connectivity index (χ0v) is 20.0. The van der Waals surface area contributed by atoms with Crippen LogP contribution in [0.15, 0.2) is 27.6 Å². The fourth-order valence-electron chi connectivity index (χ4n) is 4.08. The number of morpholine rings is 1. The van der Waals surface area contributed by atoms with Gasteiger partial charge in [-0.05, 0) is 38.3 Å². The van der Waals surface area contributed by atoms with Gasteiger partial charge >= 0.3 is 17.8 Å². The molecule has 2 aromatic rings. The summed E-state index contributed by atoms with van der Waals surface area (Å²) in [5.41, 5.74) is 1.000. The van der Waals surface area contributed by atoms with Crippen molar-refractivity contribution in [2.75, 3.05) is 46.0 Å². The molecule has 1 aromatic heterocycles. The molecule has 2 fully saturated rings. The average Bonchev–Trinajstić information content (AvgIpc) is 3.35. The van der Waals surface area contributed by atoms with E-state index in [1.165, 1.54) is 10.4 Å².